The van der Waals surface area contributed by atoms with Gasteiger partial charge in [0.2, 0.25) is 0 Å². The first-order valence-corrected chi connectivity index (χ1v) is 5.51. The van der Waals surface area contributed by atoms with Crippen molar-refractivity contribution in [2.75, 3.05) is 7.11 Å². The van der Waals surface area contributed by atoms with E-state index in [0.717, 1.165) is 12.0 Å². The Labute approximate surface area is 95.6 Å². The van der Waals surface area contributed by atoms with E-state index in [1.807, 2.05) is 6.07 Å². The molecule has 0 spiro atoms. The van der Waals surface area contributed by atoms with Crippen molar-refractivity contribution in [1.29, 1.82) is 0 Å². The van der Waals surface area contributed by atoms with Crippen LogP contribution in [0.15, 0.2) is 18.2 Å². The van der Waals surface area contributed by atoms with E-state index < -0.39 is 5.54 Å². The molecule has 0 saturated heterocycles. The molecule has 0 aliphatic heterocycles. The van der Waals surface area contributed by atoms with Crippen molar-refractivity contribution >= 4 is 5.97 Å². The van der Waals surface area contributed by atoms with Crippen LogP contribution in [0, 0.1) is 0 Å². The van der Waals surface area contributed by atoms with Crippen LogP contribution in [0.3, 0.4) is 0 Å². The molecular formula is C13H17NO2. The summed E-state index contributed by atoms with van der Waals surface area (Å²) in [7, 11) is 1.37. The average molecular weight is 219 g/mol. The van der Waals surface area contributed by atoms with E-state index in [2.05, 4.69) is 12.1 Å². The molecule has 0 amide bonds. The van der Waals surface area contributed by atoms with Crippen LogP contribution in [-0.4, -0.2) is 18.6 Å². The summed E-state index contributed by atoms with van der Waals surface area (Å²) >= 11 is 0. The number of fused-ring (bicyclic) bond motifs is 1. The Morgan fingerprint density at radius 1 is 1.44 bits per heavy atom. The fourth-order valence-corrected chi connectivity index (χ4v) is 2.09. The van der Waals surface area contributed by atoms with Crippen molar-refractivity contribution in [3.8, 4) is 0 Å². The molecule has 0 bridgehead atoms. The molecule has 16 heavy (non-hydrogen) atoms. The first-order valence-electron chi connectivity index (χ1n) is 5.51. The topological polar surface area (TPSA) is 52.3 Å². The summed E-state index contributed by atoms with van der Waals surface area (Å²) in [5.74, 6) is -0.366. The van der Waals surface area contributed by atoms with Crippen molar-refractivity contribution in [3.05, 3.63) is 34.9 Å². The van der Waals surface area contributed by atoms with E-state index in [1.165, 1.54) is 24.7 Å². The van der Waals surface area contributed by atoms with Crippen molar-refractivity contribution in [2.45, 2.75) is 31.7 Å². The van der Waals surface area contributed by atoms with Crippen LogP contribution >= 0.6 is 0 Å². The minimum atomic E-state index is -0.938. The molecule has 3 nitrogen and oxygen atoms in total. The minimum absolute atomic E-state index is 0.366. The van der Waals surface area contributed by atoms with E-state index in [1.54, 1.807) is 6.92 Å². The third-order valence-corrected chi connectivity index (χ3v) is 3.16. The zero-order valence-corrected chi connectivity index (χ0v) is 9.75. The molecule has 0 aromatic heterocycles. The quantitative estimate of drug-likeness (QED) is 0.778. The van der Waals surface area contributed by atoms with Crippen LogP contribution in [0.2, 0.25) is 0 Å². The number of hydrogen-bond acceptors (Lipinski definition) is 3. The Morgan fingerprint density at radius 2 is 2.12 bits per heavy atom. The Balaban J connectivity index is 2.14. The lowest BCUT2D eigenvalue weighted by Gasteiger charge is -2.24. The van der Waals surface area contributed by atoms with Gasteiger partial charge in [0.1, 0.15) is 5.54 Å². The van der Waals surface area contributed by atoms with Crippen molar-refractivity contribution < 1.29 is 9.53 Å². The first kappa shape index (κ1) is 11.1. The maximum atomic E-state index is 11.5. The van der Waals surface area contributed by atoms with Crippen LogP contribution in [0.5, 0.6) is 0 Å². The largest absolute Gasteiger partial charge is 0.468 e. The number of aryl methyl sites for hydroxylation is 2. The molecule has 0 fully saturated rings. The standard InChI is InChI=1S/C13H17NO2/c1-13(14,12(15)16-2)8-9-3-4-10-5-6-11(10)7-9/h3-4,7H,5-6,8,14H2,1-2H3/t13-/m0/s1. The fourth-order valence-electron chi connectivity index (χ4n) is 2.09. The summed E-state index contributed by atoms with van der Waals surface area (Å²) in [6.45, 7) is 1.71. The number of nitrogens with two attached hydrogens (primary N) is 1. The second-order valence-corrected chi connectivity index (χ2v) is 4.69. The lowest BCUT2D eigenvalue weighted by atomic mass is 9.84. The van der Waals surface area contributed by atoms with E-state index >= 15 is 0 Å². The number of carbonyl (C=O) groups excluding carboxylic acids is 1. The van der Waals surface area contributed by atoms with Crippen LogP contribution in [-0.2, 0) is 28.8 Å². The molecule has 1 aliphatic carbocycles. The second kappa shape index (κ2) is 3.91. The number of esters is 1. The highest BCUT2D eigenvalue weighted by molar-refractivity contribution is 5.80. The molecule has 0 unspecified atom stereocenters. The van der Waals surface area contributed by atoms with Gasteiger partial charge in [-0.1, -0.05) is 18.2 Å². The van der Waals surface area contributed by atoms with Crippen molar-refractivity contribution in [2.24, 2.45) is 5.73 Å². The monoisotopic (exact) mass is 219 g/mol. The molecule has 1 atom stereocenters. The third-order valence-electron chi connectivity index (χ3n) is 3.16. The predicted octanol–water partition coefficient (Wildman–Crippen LogP) is 1.22. The lowest BCUT2D eigenvalue weighted by Crippen LogP contribution is -2.47. The van der Waals surface area contributed by atoms with Gasteiger partial charge < -0.3 is 10.5 Å². The number of methoxy groups -OCH3 is 1. The van der Waals surface area contributed by atoms with Crippen molar-refractivity contribution in [1.82, 2.24) is 0 Å². The summed E-state index contributed by atoms with van der Waals surface area (Å²) in [6, 6.07) is 6.32. The number of hydrogen-bond donors (Lipinski definition) is 1. The fraction of sp³-hybridized carbons (Fsp3) is 0.462. The zero-order valence-electron chi connectivity index (χ0n) is 9.75. The first-order chi connectivity index (χ1) is 7.53. The number of benzene rings is 1. The number of rotatable bonds is 3. The van der Waals surface area contributed by atoms with Gasteiger partial charge >= 0.3 is 5.97 Å². The zero-order chi connectivity index (χ0) is 11.8. The van der Waals surface area contributed by atoms with Crippen molar-refractivity contribution in [3.63, 3.8) is 0 Å². The Bertz CT molecular complexity index is 424. The van der Waals surface area contributed by atoms with Gasteiger partial charge in [-0.3, -0.25) is 4.79 Å². The normalized spacial score (nSPS) is 16.9. The molecule has 3 heteroatoms. The van der Waals surface area contributed by atoms with Gasteiger partial charge in [-0.2, -0.15) is 0 Å². The molecule has 0 saturated carbocycles. The van der Waals surface area contributed by atoms with E-state index in [0.29, 0.717) is 6.42 Å². The average Bonchev–Trinajstić information content (AvgIpc) is 2.20. The Hall–Kier alpha value is -1.35. The van der Waals surface area contributed by atoms with E-state index in [9.17, 15) is 4.79 Å². The Morgan fingerprint density at radius 3 is 2.62 bits per heavy atom. The summed E-state index contributed by atoms with van der Waals surface area (Å²) in [6.07, 6.45) is 2.84. The molecule has 2 N–H and O–H groups in total. The lowest BCUT2D eigenvalue weighted by molar-refractivity contribution is -0.146. The summed E-state index contributed by atoms with van der Waals surface area (Å²) in [4.78, 5) is 11.5. The molecule has 0 radical (unpaired) electrons. The van der Waals surface area contributed by atoms with Crippen LogP contribution < -0.4 is 5.73 Å². The summed E-state index contributed by atoms with van der Waals surface area (Å²) < 4.78 is 4.69. The number of carbonyl (C=O) groups is 1. The molecule has 2 rings (SSSR count). The molecule has 1 aliphatic rings. The second-order valence-electron chi connectivity index (χ2n) is 4.69. The van der Waals surface area contributed by atoms with Gasteiger partial charge in [0.15, 0.2) is 0 Å². The van der Waals surface area contributed by atoms with Gasteiger partial charge in [0.05, 0.1) is 7.11 Å². The highest BCUT2D eigenvalue weighted by atomic mass is 16.5. The van der Waals surface area contributed by atoms with Gasteiger partial charge in [-0.05, 0) is 36.5 Å². The van der Waals surface area contributed by atoms with E-state index in [-0.39, 0.29) is 5.97 Å². The van der Waals surface area contributed by atoms with Gasteiger partial charge in [0, 0.05) is 6.42 Å². The minimum Gasteiger partial charge on any atom is -0.468 e. The van der Waals surface area contributed by atoms with E-state index in [4.69, 9.17) is 10.5 Å². The van der Waals surface area contributed by atoms with Gasteiger partial charge in [0.25, 0.3) is 0 Å². The molecule has 0 heterocycles. The third kappa shape index (κ3) is 1.95. The van der Waals surface area contributed by atoms with Crippen LogP contribution in [0.25, 0.3) is 0 Å². The smallest absolute Gasteiger partial charge is 0.325 e. The molecule has 86 valence electrons. The predicted molar refractivity (Wildman–Crippen MR) is 62.2 cm³/mol. The Kier molecular flexibility index (Phi) is 2.72. The maximum Gasteiger partial charge on any atom is 0.325 e. The summed E-state index contributed by atoms with van der Waals surface area (Å²) in [5, 5.41) is 0. The van der Waals surface area contributed by atoms with Crippen LogP contribution in [0.4, 0.5) is 0 Å². The molecule has 1 aromatic rings. The summed E-state index contributed by atoms with van der Waals surface area (Å²) in [5.41, 5.74) is 8.91. The van der Waals surface area contributed by atoms with Gasteiger partial charge in [-0.25, -0.2) is 0 Å². The number of ether oxygens (including phenoxy) is 1. The SMILES string of the molecule is COC(=O)[C@@](C)(N)Cc1ccc2c(c1)CC2. The highest BCUT2D eigenvalue weighted by Gasteiger charge is 2.30. The highest BCUT2D eigenvalue weighted by Crippen LogP contribution is 2.25. The molecule has 1 aromatic carbocycles. The maximum absolute atomic E-state index is 11.5. The molecular weight excluding hydrogens is 202 g/mol. The van der Waals surface area contributed by atoms with Crippen LogP contribution in [0.1, 0.15) is 23.6 Å². The van der Waals surface area contributed by atoms with Gasteiger partial charge in [-0.15, -0.1) is 0 Å².